The Kier molecular flexibility index (Phi) is 2.95. The lowest BCUT2D eigenvalue weighted by Gasteiger charge is -2.04. The fourth-order valence-corrected chi connectivity index (χ4v) is 2.12. The highest BCUT2D eigenvalue weighted by molar-refractivity contribution is 5.86. The molecule has 0 aliphatic rings. The zero-order chi connectivity index (χ0) is 14.1. The largest absolute Gasteiger partial charge is 0.383 e. The molecule has 0 spiro atoms. The van der Waals surface area contributed by atoms with E-state index >= 15 is 0 Å². The third-order valence-electron chi connectivity index (χ3n) is 3.21. The SMILES string of the molecule is Cc1ccc(-c2c(-c3ncccn3)nn(C)c2N)cc1. The van der Waals surface area contributed by atoms with E-state index in [-0.39, 0.29) is 0 Å². The highest BCUT2D eigenvalue weighted by Crippen LogP contribution is 2.34. The number of hydrogen-bond donors (Lipinski definition) is 1. The van der Waals surface area contributed by atoms with Gasteiger partial charge in [-0.05, 0) is 18.6 Å². The Morgan fingerprint density at radius 1 is 1.05 bits per heavy atom. The van der Waals surface area contributed by atoms with Gasteiger partial charge in [0.05, 0.1) is 5.56 Å². The first-order chi connectivity index (χ1) is 9.66. The number of aromatic nitrogens is 4. The van der Waals surface area contributed by atoms with Gasteiger partial charge in [0.25, 0.3) is 0 Å². The summed E-state index contributed by atoms with van der Waals surface area (Å²) in [5.74, 6) is 1.19. The normalized spacial score (nSPS) is 10.7. The van der Waals surface area contributed by atoms with Crippen molar-refractivity contribution in [2.24, 2.45) is 7.05 Å². The van der Waals surface area contributed by atoms with E-state index in [1.54, 1.807) is 23.1 Å². The summed E-state index contributed by atoms with van der Waals surface area (Å²) in [4.78, 5) is 8.53. The van der Waals surface area contributed by atoms with Crippen LogP contribution in [-0.2, 0) is 7.05 Å². The first-order valence-electron chi connectivity index (χ1n) is 6.33. The Morgan fingerprint density at radius 2 is 1.70 bits per heavy atom. The number of nitrogens with two attached hydrogens (primary N) is 1. The number of anilines is 1. The molecule has 0 fully saturated rings. The van der Waals surface area contributed by atoms with Crippen molar-refractivity contribution in [1.29, 1.82) is 0 Å². The fraction of sp³-hybridized carbons (Fsp3) is 0.133. The van der Waals surface area contributed by atoms with E-state index in [1.165, 1.54) is 5.56 Å². The van der Waals surface area contributed by atoms with Crippen molar-refractivity contribution in [3.8, 4) is 22.6 Å². The smallest absolute Gasteiger partial charge is 0.180 e. The molecule has 2 N–H and O–H groups in total. The number of aryl methyl sites for hydroxylation is 2. The highest BCUT2D eigenvalue weighted by Gasteiger charge is 2.18. The van der Waals surface area contributed by atoms with E-state index in [0.717, 1.165) is 11.1 Å². The lowest BCUT2D eigenvalue weighted by atomic mass is 10.0. The van der Waals surface area contributed by atoms with Gasteiger partial charge in [0, 0.05) is 19.4 Å². The average molecular weight is 265 g/mol. The number of hydrogen-bond acceptors (Lipinski definition) is 4. The molecule has 0 unspecified atom stereocenters. The molecule has 0 amide bonds. The maximum Gasteiger partial charge on any atom is 0.180 e. The van der Waals surface area contributed by atoms with Gasteiger partial charge in [-0.3, -0.25) is 4.68 Å². The molecule has 100 valence electrons. The maximum atomic E-state index is 6.16. The zero-order valence-corrected chi connectivity index (χ0v) is 11.4. The first-order valence-corrected chi connectivity index (χ1v) is 6.33. The summed E-state index contributed by atoms with van der Waals surface area (Å²) in [7, 11) is 1.82. The minimum atomic E-state index is 0.579. The molecular weight excluding hydrogens is 250 g/mol. The molecule has 5 nitrogen and oxygen atoms in total. The van der Waals surface area contributed by atoms with Crippen molar-refractivity contribution in [2.75, 3.05) is 5.73 Å². The van der Waals surface area contributed by atoms with Crippen molar-refractivity contribution in [2.45, 2.75) is 6.92 Å². The third kappa shape index (κ3) is 2.03. The minimum absolute atomic E-state index is 0.579. The maximum absolute atomic E-state index is 6.16. The van der Waals surface area contributed by atoms with Crippen LogP contribution in [0.25, 0.3) is 22.6 Å². The quantitative estimate of drug-likeness (QED) is 0.772. The van der Waals surface area contributed by atoms with Crippen LogP contribution < -0.4 is 5.73 Å². The Morgan fingerprint density at radius 3 is 2.35 bits per heavy atom. The third-order valence-corrected chi connectivity index (χ3v) is 3.21. The van der Waals surface area contributed by atoms with Crippen molar-refractivity contribution >= 4 is 5.82 Å². The molecule has 1 aromatic carbocycles. The van der Waals surface area contributed by atoms with Gasteiger partial charge in [-0.1, -0.05) is 29.8 Å². The molecule has 2 aromatic heterocycles. The molecule has 0 saturated carbocycles. The molecule has 0 atom stereocenters. The van der Waals surface area contributed by atoms with E-state index in [2.05, 4.69) is 34.1 Å². The van der Waals surface area contributed by atoms with Crippen LogP contribution in [0.15, 0.2) is 42.7 Å². The van der Waals surface area contributed by atoms with Crippen LogP contribution in [-0.4, -0.2) is 19.7 Å². The molecule has 2 heterocycles. The minimum Gasteiger partial charge on any atom is -0.383 e. The Bertz CT molecular complexity index is 729. The zero-order valence-electron chi connectivity index (χ0n) is 11.4. The molecule has 20 heavy (non-hydrogen) atoms. The lowest BCUT2D eigenvalue weighted by molar-refractivity contribution is 0.780. The molecule has 3 rings (SSSR count). The van der Waals surface area contributed by atoms with Crippen molar-refractivity contribution in [1.82, 2.24) is 19.7 Å². The number of rotatable bonds is 2. The molecule has 5 heteroatoms. The van der Waals surface area contributed by atoms with Crippen molar-refractivity contribution in [3.63, 3.8) is 0 Å². The molecule has 0 bridgehead atoms. The predicted molar refractivity (Wildman–Crippen MR) is 78.8 cm³/mol. The summed E-state index contributed by atoms with van der Waals surface area (Å²) >= 11 is 0. The van der Waals surface area contributed by atoms with Gasteiger partial charge in [-0.2, -0.15) is 5.10 Å². The molecule has 0 aliphatic heterocycles. The van der Waals surface area contributed by atoms with Crippen LogP contribution in [0, 0.1) is 6.92 Å². The lowest BCUT2D eigenvalue weighted by Crippen LogP contribution is -1.98. The van der Waals surface area contributed by atoms with Crippen molar-refractivity contribution in [3.05, 3.63) is 48.3 Å². The van der Waals surface area contributed by atoms with Gasteiger partial charge in [0.1, 0.15) is 11.5 Å². The predicted octanol–water partition coefficient (Wildman–Crippen LogP) is 2.43. The molecule has 3 aromatic rings. The topological polar surface area (TPSA) is 69.6 Å². The monoisotopic (exact) mass is 265 g/mol. The number of nitrogen functional groups attached to an aromatic ring is 1. The summed E-state index contributed by atoms with van der Waals surface area (Å²) in [6.45, 7) is 2.05. The van der Waals surface area contributed by atoms with Gasteiger partial charge in [0.2, 0.25) is 0 Å². The average Bonchev–Trinajstić information content (AvgIpc) is 2.77. The molecule has 0 radical (unpaired) electrons. The van der Waals surface area contributed by atoms with E-state index in [4.69, 9.17) is 5.73 Å². The summed E-state index contributed by atoms with van der Waals surface area (Å²) in [6, 6.07) is 9.96. The van der Waals surface area contributed by atoms with Crippen LogP contribution in [0.4, 0.5) is 5.82 Å². The molecule has 0 saturated heterocycles. The van der Waals surface area contributed by atoms with E-state index < -0.39 is 0 Å². The van der Waals surface area contributed by atoms with Gasteiger partial charge in [0.15, 0.2) is 5.82 Å². The number of benzene rings is 1. The van der Waals surface area contributed by atoms with Gasteiger partial charge in [-0.25, -0.2) is 9.97 Å². The summed E-state index contributed by atoms with van der Waals surface area (Å²) in [6.07, 6.45) is 3.40. The van der Waals surface area contributed by atoms with Gasteiger partial charge < -0.3 is 5.73 Å². The molecular formula is C15H15N5. The summed E-state index contributed by atoms with van der Waals surface area (Å²) in [5.41, 5.74) is 9.95. The van der Waals surface area contributed by atoms with Crippen LogP contribution in [0.1, 0.15) is 5.56 Å². The first kappa shape index (κ1) is 12.3. The van der Waals surface area contributed by atoms with Crippen molar-refractivity contribution < 1.29 is 0 Å². The summed E-state index contributed by atoms with van der Waals surface area (Å²) < 4.78 is 1.65. The van der Waals surface area contributed by atoms with Crippen LogP contribution in [0.2, 0.25) is 0 Å². The van der Waals surface area contributed by atoms with Gasteiger partial charge >= 0.3 is 0 Å². The van der Waals surface area contributed by atoms with Crippen LogP contribution in [0.5, 0.6) is 0 Å². The molecule has 0 aliphatic carbocycles. The van der Waals surface area contributed by atoms with E-state index in [1.807, 2.05) is 19.2 Å². The van der Waals surface area contributed by atoms with Crippen LogP contribution >= 0.6 is 0 Å². The fourth-order valence-electron chi connectivity index (χ4n) is 2.12. The Labute approximate surface area is 117 Å². The standard InChI is InChI=1S/C15H15N5/c1-10-4-6-11(7-5-10)12-13(19-20(2)14(12)16)15-17-8-3-9-18-15/h3-9H,16H2,1-2H3. The van der Waals surface area contributed by atoms with Gasteiger partial charge in [-0.15, -0.1) is 0 Å². The Balaban J connectivity index is 2.22. The van der Waals surface area contributed by atoms with Crippen LogP contribution in [0.3, 0.4) is 0 Å². The highest BCUT2D eigenvalue weighted by atomic mass is 15.3. The number of nitrogens with zero attached hydrogens (tertiary/aromatic N) is 4. The summed E-state index contributed by atoms with van der Waals surface area (Å²) in [5, 5.41) is 4.45. The second-order valence-electron chi connectivity index (χ2n) is 4.67. The van der Waals surface area contributed by atoms with E-state index in [0.29, 0.717) is 17.3 Å². The van der Waals surface area contributed by atoms with E-state index in [9.17, 15) is 0 Å². The second-order valence-corrected chi connectivity index (χ2v) is 4.67. The Hall–Kier alpha value is -2.69. The second kappa shape index (κ2) is 4.77.